The first-order chi connectivity index (χ1) is 7.83. The molecular formula is C13H15NO2. The van der Waals surface area contributed by atoms with Crippen molar-refractivity contribution in [2.24, 2.45) is 5.73 Å². The molecule has 2 rings (SSSR count). The molecule has 0 spiro atoms. The molecule has 16 heavy (non-hydrogen) atoms. The lowest BCUT2D eigenvalue weighted by Crippen LogP contribution is -2.20. The summed E-state index contributed by atoms with van der Waals surface area (Å²) in [5.41, 5.74) is 7.16. The summed E-state index contributed by atoms with van der Waals surface area (Å²) in [7, 11) is 1.65. The Labute approximate surface area is 94.8 Å². The maximum absolute atomic E-state index is 6.11. The topological polar surface area (TPSA) is 48.4 Å². The van der Waals surface area contributed by atoms with Crippen LogP contribution in [0, 0.1) is 0 Å². The number of furan rings is 1. The molecule has 0 saturated heterocycles. The van der Waals surface area contributed by atoms with Gasteiger partial charge in [-0.05, 0) is 17.7 Å². The van der Waals surface area contributed by atoms with E-state index in [0.29, 0.717) is 0 Å². The fourth-order valence-electron chi connectivity index (χ4n) is 1.76. The highest BCUT2D eigenvalue weighted by molar-refractivity contribution is 5.21. The highest BCUT2D eigenvalue weighted by Crippen LogP contribution is 2.29. The van der Waals surface area contributed by atoms with Crippen molar-refractivity contribution in [1.82, 2.24) is 0 Å². The van der Waals surface area contributed by atoms with Crippen LogP contribution >= 0.6 is 0 Å². The van der Waals surface area contributed by atoms with Gasteiger partial charge in [0.15, 0.2) is 0 Å². The van der Waals surface area contributed by atoms with E-state index in [2.05, 4.69) is 0 Å². The molecule has 0 aliphatic heterocycles. The van der Waals surface area contributed by atoms with Crippen LogP contribution < -0.4 is 5.73 Å². The Kier molecular flexibility index (Phi) is 3.39. The number of methoxy groups -OCH3 is 1. The van der Waals surface area contributed by atoms with E-state index in [-0.39, 0.29) is 12.1 Å². The van der Waals surface area contributed by atoms with Crippen molar-refractivity contribution in [2.75, 3.05) is 7.11 Å². The van der Waals surface area contributed by atoms with Gasteiger partial charge in [0, 0.05) is 7.11 Å². The third kappa shape index (κ3) is 2.15. The van der Waals surface area contributed by atoms with Crippen LogP contribution in [0.4, 0.5) is 0 Å². The van der Waals surface area contributed by atoms with Gasteiger partial charge >= 0.3 is 0 Å². The summed E-state index contributed by atoms with van der Waals surface area (Å²) in [6, 6.07) is 13.3. The maximum Gasteiger partial charge on any atom is 0.123 e. The molecule has 2 unspecified atom stereocenters. The van der Waals surface area contributed by atoms with Gasteiger partial charge in [-0.1, -0.05) is 30.3 Å². The first-order valence-corrected chi connectivity index (χ1v) is 5.19. The molecule has 2 atom stereocenters. The molecule has 3 heteroatoms. The monoisotopic (exact) mass is 217 g/mol. The Morgan fingerprint density at radius 2 is 1.88 bits per heavy atom. The first kappa shape index (κ1) is 10.9. The second kappa shape index (κ2) is 4.96. The third-order valence-electron chi connectivity index (χ3n) is 2.58. The SMILES string of the molecule is COC(c1ccccc1)C(N)c1ccco1. The highest BCUT2D eigenvalue weighted by atomic mass is 16.5. The van der Waals surface area contributed by atoms with Crippen LogP contribution in [0.15, 0.2) is 53.1 Å². The van der Waals surface area contributed by atoms with Gasteiger partial charge in [0.25, 0.3) is 0 Å². The van der Waals surface area contributed by atoms with Crippen LogP contribution in [0.3, 0.4) is 0 Å². The van der Waals surface area contributed by atoms with E-state index in [1.54, 1.807) is 13.4 Å². The Bertz CT molecular complexity index is 411. The molecule has 2 N–H and O–H groups in total. The Hall–Kier alpha value is -1.58. The summed E-state index contributed by atoms with van der Waals surface area (Å²) in [4.78, 5) is 0. The van der Waals surface area contributed by atoms with Crippen LogP contribution in [-0.4, -0.2) is 7.11 Å². The molecule has 0 aliphatic rings. The van der Waals surface area contributed by atoms with Crippen molar-refractivity contribution in [3.05, 3.63) is 60.1 Å². The van der Waals surface area contributed by atoms with Gasteiger partial charge in [0.05, 0.1) is 12.3 Å². The minimum atomic E-state index is -0.289. The van der Waals surface area contributed by atoms with Gasteiger partial charge in [-0.15, -0.1) is 0 Å². The first-order valence-electron chi connectivity index (χ1n) is 5.19. The molecule has 0 aliphatic carbocycles. The van der Waals surface area contributed by atoms with E-state index in [9.17, 15) is 0 Å². The van der Waals surface area contributed by atoms with E-state index in [4.69, 9.17) is 14.9 Å². The lowest BCUT2D eigenvalue weighted by Gasteiger charge is -2.21. The molecule has 0 saturated carbocycles. The lowest BCUT2D eigenvalue weighted by atomic mass is 10.0. The van der Waals surface area contributed by atoms with Crippen LogP contribution in [0.5, 0.6) is 0 Å². The van der Waals surface area contributed by atoms with Crippen molar-refractivity contribution in [1.29, 1.82) is 0 Å². The van der Waals surface area contributed by atoms with Crippen molar-refractivity contribution in [3.63, 3.8) is 0 Å². The Morgan fingerprint density at radius 1 is 1.12 bits per heavy atom. The van der Waals surface area contributed by atoms with Crippen molar-refractivity contribution in [2.45, 2.75) is 12.1 Å². The summed E-state index contributed by atoms with van der Waals surface area (Å²) in [6.07, 6.45) is 1.43. The third-order valence-corrected chi connectivity index (χ3v) is 2.58. The summed E-state index contributed by atoms with van der Waals surface area (Å²) in [5, 5.41) is 0. The number of hydrogen-bond acceptors (Lipinski definition) is 3. The van der Waals surface area contributed by atoms with E-state index in [0.717, 1.165) is 11.3 Å². The molecular weight excluding hydrogens is 202 g/mol. The van der Waals surface area contributed by atoms with Crippen LogP contribution in [0.1, 0.15) is 23.5 Å². The molecule has 0 radical (unpaired) electrons. The largest absolute Gasteiger partial charge is 0.468 e. The van der Waals surface area contributed by atoms with E-state index >= 15 is 0 Å². The molecule has 1 aromatic carbocycles. The molecule has 1 heterocycles. The minimum absolute atomic E-state index is 0.188. The second-order valence-corrected chi connectivity index (χ2v) is 3.61. The van der Waals surface area contributed by atoms with E-state index in [1.807, 2.05) is 42.5 Å². The summed E-state index contributed by atoms with van der Waals surface area (Å²) in [6.45, 7) is 0. The Morgan fingerprint density at radius 3 is 2.44 bits per heavy atom. The summed E-state index contributed by atoms with van der Waals surface area (Å²) in [5.74, 6) is 0.732. The van der Waals surface area contributed by atoms with E-state index < -0.39 is 0 Å². The van der Waals surface area contributed by atoms with Gasteiger partial charge in [-0.25, -0.2) is 0 Å². The quantitative estimate of drug-likeness (QED) is 0.856. The maximum atomic E-state index is 6.11. The molecule has 1 aromatic heterocycles. The zero-order chi connectivity index (χ0) is 11.4. The van der Waals surface area contributed by atoms with Gasteiger partial charge in [0.1, 0.15) is 11.9 Å². The normalized spacial score (nSPS) is 14.6. The van der Waals surface area contributed by atoms with Gasteiger partial charge in [0.2, 0.25) is 0 Å². The molecule has 0 fully saturated rings. The molecule has 3 nitrogen and oxygen atoms in total. The smallest absolute Gasteiger partial charge is 0.123 e. The van der Waals surface area contributed by atoms with Gasteiger partial charge < -0.3 is 14.9 Å². The average molecular weight is 217 g/mol. The van der Waals surface area contributed by atoms with Gasteiger partial charge in [-0.3, -0.25) is 0 Å². The second-order valence-electron chi connectivity index (χ2n) is 3.61. The zero-order valence-electron chi connectivity index (χ0n) is 9.17. The van der Waals surface area contributed by atoms with Crippen molar-refractivity contribution < 1.29 is 9.15 Å². The van der Waals surface area contributed by atoms with Gasteiger partial charge in [-0.2, -0.15) is 0 Å². The number of rotatable bonds is 4. The summed E-state index contributed by atoms with van der Waals surface area (Å²) < 4.78 is 10.7. The highest BCUT2D eigenvalue weighted by Gasteiger charge is 2.22. The van der Waals surface area contributed by atoms with Crippen LogP contribution in [0.25, 0.3) is 0 Å². The predicted octanol–water partition coefficient (Wildman–Crippen LogP) is 2.67. The van der Waals surface area contributed by atoms with Crippen LogP contribution in [-0.2, 0) is 4.74 Å². The van der Waals surface area contributed by atoms with E-state index in [1.165, 1.54) is 0 Å². The number of benzene rings is 1. The van der Waals surface area contributed by atoms with Crippen molar-refractivity contribution in [3.8, 4) is 0 Å². The number of nitrogens with two attached hydrogens (primary N) is 1. The number of ether oxygens (including phenoxy) is 1. The predicted molar refractivity (Wildman–Crippen MR) is 61.8 cm³/mol. The fourth-order valence-corrected chi connectivity index (χ4v) is 1.76. The van der Waals surface area contributed by atoms with Crippen molar-refractivity contribution >= 4 is 0 Å². The standard InChI is InChI=1S/C13H15NO2/c1-15-13(10-6-3-2-4-7-10)12(14)11-8-5-9-16-11/h2-9,12-13H,14H2,1H3. The average Bonchev–Trinajstić information content (AvgIpc) is 2.85. The van der Waals surface area contributed by atoms with Crippen LogP contribution in [0.2, 0.25) is 0 Å². The zero-order valence-corrected chi connectivity index (χ0v) is 9.17. The molecule has 0 bridgehead atoms. The number of hydrogen-bond donors (Lipinski definition) is 1. The molecule has 0 amide bonds. The molecule has 2 aromatic rings. The fraction of sp³-hybridized carbons (Fsp3) is 0.231. The Balaban J connectivity index is 2.23. The lowest BCUT2D eigenvalue weighted by molar-refractivity contribution is 0.0736. The minimum Gasteiger partial charge on any atom is -0.468 e. The molecule has 84 valence electrons. The summed E-state index contributed by atoms with van der Waals surface area (Å²) >= 11 is 0.